The van der Waals surface area contributed by atoms with Gasteiger partial charge in [0.05, 0.1) is 10.0 Å². The first-order valence-electron chi connectivity index (χ1n) is 7.89. The van der Waals surface area contributed by atoms with Crippen molar-refractivity contribution in [1.82, 2.24) is 0 Å². The Hall–Kier alpha value is -1.17. The third kappa shape index (κ3) is 9.85. The lowest BCUT2D eigenvalue weighted by Gasteiger charge is -2.06. The summed E-state index contributed by atoms with van der Waals surface area (Å²) in [6, 6.07) is 5.09. The number of nitrogens with zero attached hydrogens (tertiary/aromatic N) is 2. The lowest BCUT2D eigenvalue weighted by atomic mass is 10.1. The summed E-state index contributed by atoms with van der Waals surface area (Å²) in [7, 11) is 0. The standard InChI is InChI=1S/C16H25Cl2N5.ClH/c1-2-3-4-5-6-7-10-21-15(19)23-16(20)22-12-8-9-13(17)14(18)11-12;/h8-9,11H,2-7,10H2,1H3,(H5,19,20,21,22,23);1H. The fraction of sp³-hybridized carbons (Fsp3) is 0.500. The maximum absolute atomic E-state index is 5.93. The normalized spacial score (nSPS) is 12.0. The highest BCUT2D eigenvalue weighted by molar-refractivity contribution is 6.42. The van der Waals surface area contributed by atoms with Gasteiger partial charge in [0.15, 0.2) is 0 Å². The maximum Gasteiger partial charge on any atom is 0.218 e. The first-order chi connectivity index (χ1) is 11.0. The molecule has 0 fully saturated rings. The monoisotopic (exact) mass is 393 g/mol. The molecule has 0 saturated carbocycles. The number of benzene rings is 1. The van der Waals surface area contributed by atoms with Gasteiger partial charge in [0.2, 0.25) is 11.9 Å². The number of aliphatic imine (C=N–C) groups is 2. The van der Waals surface area contributed by atoms with Crippen molar-refractivity contribution < 1.29 is 0 Å². The second-order valence-corrected chi connectivity index (χ2v) is 6.07. The smallest absolute Gasteiger partial charge is 0.218 e. The van der Waals surface area contributed by atoms with Crippen LogP contribution in [-0.2, 0) is 0 Å². The fourth-order valence-corrected chi connectivity index (χ4v) is 2.29. The zero-order chi connectivity index (χ0) is 17.1. The molecule has 8 heteroatoms. The van der Waals surface area contributed by atoms with Crippen LogP contribution in [0.3, 0.4) is 0 Å². The van der Waals surface area contributed by atoms with Crippen molar-refractivity contribution >= 4 is 53.2 Å². The van der Waals surface area contributed by atoms with Gasteiger partial charge in [-0.3, -0.25) is 4.99 Å². The molecule has 0 unspecified atom stereocenters. The Kier molecular flexibility index (Phi) is 12.5. The summed E-state index contributed by atoms with van der Waals surface area (Å²) >= 11 is 11.8. The molecule has 5 nitrogen and oxygen atoms in total. The van der Waals surface area contributed by atoms with Crippen molar-refractivity contribution in [2.24, 2.45) is 21.5 Å². The van der Waals surface area contributed by atoms with Crippen molar-refractivity contribution in [2.75, 3.05) is 11.9 Å². The fourth-order valence-electron chi connectivity index (χ4n) is 1.99. The first-order valence-corrected chi connectivity index (χ1v) is 8.64. The van der Waals surface area contributed by atoms with Gasteiger partial charge in [-0.1, -0.05) is 62.2 Å². The third-order valence-corrected chi connectivity index (χ3v) is 3.95. The number of unbranched alkanes of at least 4 members (excludes halogenated alkanes) is 5. The number of hydrogen-bond donors (Lipinski definition) is 3. The minimum absolute atomic E-state index is 0. The molecule has 1 aromatic rings. The lowest BCUT2D eigenvalue weighted by molar-refractivity contribution is 0.612. The average Bonchev–Trinajstić information content (AvgIpc) is 2.50. The largest absolute Gasteiger partial charge is 0.369 e. The first kappa shape index (κ1) is 22.8. The quantitative estimate of drug-likeness (QED) is 0.335. The molecule has 0 bridgehead atoms. The van der Waals surface area contributed by atoms with Gasteiger partial charge in [-0.05, 0) is 24.6 Å². The van der Waals surface area contributed by atoms with Crippen LogP contribution in [0.5, 0.6) is 0 Å². The number of hydrogen-bond acceptors (Lipinski definition) is 1. The predicted octanol–water partition coefficient (Wildman–Crippen LogP) is 4.82. The number of halogens is 3. The summed E-state index contributed by atoms with van der Waals surface area (Å²) in [4.78, 5) is 8.20. The molecule has 0 saturated heterocycles. The Labute approximate surface area is 160 Å². The molecular formula is C16H26Cl3N5. The number of guanidine groups is 2. The van der Waals surface area contributed by atoms with E-state index in [9.17, 15) is 0 Å². The van der Waals surface area contributed by atoms with E-state index in [2.05, 4.69) is 22.2 Å². The van der Waals surface area contributed by atoms with Crippen LogP contribution < -0.4 is 16.8 Å². The summed E-state index contributed by atoms with van der Waals surface area (Å²) in [5, 5.41) is 3.81. The maximum atomic E-state index is 5.93. The van der Waals surface area contributed by atoms with Crippen LogP contribution in [0.2, 0.25) is 10.0 Å². The van der Waals surface area contributed by atoms with Crippen LogP contribution >= 0.6 is 35.6 Å². The van der Waals surface area contributed by atoms with Crippen molar-refractivity contribution in [3.63, 3.8) is 0 Å². The van der Waals surface area contributed by atoms with Crippen LogP contribution in [0.1, 0.15) is 45.4 Å². The van der Waals surface area contributed by atoms with Gasteiger partial charge < -0.3 is 16.8 Å². The van der Waals surface area contributed by atoms with E-state index >= 15 is 0 Å². The number of rotatable bonds is 8. The van der Waals surface area contributed by atoms with Gasteiger partial charge in [-0.25, -0.2) is 0 Å². The summed E-state index contributed by atoms with van der Waals surface area (Å²) in [6.07, 6.45) is 7.26. The zero-order valence-corrected chi connectivity index (χ0v) is 16.2. The number of anilines is 1. The van der Waals surface area contributed by atoms with Crippen LogP contribution in [0.25, 0.3) is 0 Å². The Morgan fingerprint density at radius 1 is 1.04 bits per heavy atom. The van der Waals surface area contributed by atoms with E-state index in [4.69, 9.17) is 34.7 Å². The van der Waals surface area contributed by atoms with E-state index in [0.717, 1.165) is 12.8 Å². The highest BCUT2D eigenvalue weighted by atomic mass is 35.5. The van der Waals surface area contributed by atoms with Crippen LogP contribution in [0.15, 0.2) is 28.2 Å². The van der Waals surface area contributed by atoms with Crippen LogP contribution in [-0.4, -0.2) is 18.5 Å². The molecule has 0 aliphatic carbocycles. The second-order valence-electron chi connectivity index (χ2n) is 5.26. The van der Waals surface area contributed by atoms with Gasteiger partial charge in [0.25, 0.3) is 0 Å². The van der Waals surface area contributed by atoms with Gasteiger partial charge in [0, 0.05) is 12.2 Å². The molecule has 136 valence electrons. The van der Waals surface area contributed by atoms with Crippen LogP contribution in [0, 0.1) is 0 Å². The molecule has 24 heavy (non-hydrogen) atoms. The van der Waals surface area contributed by atoms with E-state index in [0.29, 0.717) is 22.3 Å². The molecule has 0 atom stereocenters. The molecule has 0 aliphatic heterocycles. The van der Waals surface area contributed by atoms with Crippen LogP contribution in [0.4, 0.5) is 5.69 Å². The van der Waals surface area contributed by atoms with Gasteiger partial charge in [-0.15, -0.1) is 12.4 Å². The molecule has 0 aliphatic rings. The molecule has 0 spiro atoms. The highest BCUT2D eigenvalue weighted by Gasteiger charge is 2.01. The molecule has 0 radical (unpaired) electrons. The minimum atomic E-state index is 0. The topological polar surface area (TPSA) is 88.8 Å². The second kappa shape index (κ2) is 13.2. The number of nitrogens with one attached hydrogen (secondary N) is 1. The molecule has 0 amide bonds. The minimum Gasteiger partial charge on any atom is -0.369 e. The number of nitrogens with two attached hydrogens (primary N) is 2. The van der Waals surface area contributed by atoms with E-state index in [1.807, 2.05) is 0 Å². The Bertz CT molecular complexity index is 547. The third-order valence-electron chi connectivity index (χ3n) is 3.21. The Morgan fingerprint density at radius 3 is 2.38 bits per heavy atom. The SMILES string of the molecule is CCCCCCCCN=C(N)N=C(N)Nc1ccc(Cl)c(Cl)c1.Cl. The van der Waals surface area contributed by atoms with Crippen molar-refractivity contribution in [3.05, 3.63) is 28.2 Å². The molecule has 1 aromatic carbocycles. The van der Waals surface area contributed by atoms with E-state index < -0.39 is 0 Å². The van der Waals surface area contributed by atoms with Crippen molar-refractivity contribution in [1.29, 1.82) is 0 Å². The van der Waals surface area contributed by atoms with Gasteiger partial charge >= 0.3 is 0 Å². The Balaban J connectivity index is 0.00000529. The Morgan fingerprint density at radius 2 is 1.71 bits per heavy atom. The molecule has 0 heterocycles. The summed E-state index contributed by atoms with van der Waals surface area (Å²) < 4.78 is 0. The zero-order valence-electron chi connectivity index (χ0n) is 13.9. The van der Waals surface area contributed by atoms with Crippen molar-refractivity contribution in [2.45, 2.75) is 45.4 Å². The molecule has 0 aromatic heterocycles. The van der Waals surface area contributed by atoms with Gasteiger partial charge in [0.1, 0.15) is 0 Å². The molecule has 5 N–H and O–H groups in total. The summed E-state index contributed by atoms with van der Waals surface area (Å²) in [5.41, 5.74) is 12.2. The van der Waals surface area contributed by atoms with E-state index in [-0.39, 0.29) is 24.3 Å². The lowest BCUT2D eigenvalue weighted by Crippen LogP contribution is -2.26. The van der Waals surface area contributed by atoms with Crippen molar-refractivity contribution in [3.8, 4) is 0 Å². The highest BCUT2D eigenvalue weighted by Crippen LogP contribution is 2.24. The molecular weight excluding hydrogens is 369 g/mol. The van der Waals surface area contributed by atoms with Gasteiger partial charge in [-0.2, -0.15) is 4.99 Å². The summed E-state index contributed by atoms with van der Waals surface area (Å²) in [6.45, 7) is 2.88. The summed E-state index contributed by atoms with van der Waals surface area (Å²) in [5.74, 6) is 0.330. The predicted molar refractivity (Wildman–Crippen MR) is 109 cm³/mol. The van der Waals surface area contributed by atoms with E-state index in [1.165, 1.54) is 25.7 Å². The molecule has 1 rings (SSSR count). The van der Waals surface area contributed by atoms with E-state index in [1.54, 1.807) is 18.2 Å². The average molecular weight is 395 g/mol.